The minimum atomic E-state index is -3.39. The van der Waals surface area contributed by atoms with E-state index in [1.807, 2.05) is 97.3 Å². The van der Waals surface area contributed by atoms with Gasteiger partial charge >= 0.3 is 0 Å². The second-order valence-corrected chi connectivity index (χ2v) is 17.7. The van der Waals surface area contributed by atoms with Crippen LogP contribution in [0, 0.1) is 6.85 Å². The second-order valence-electron chi connectivity index (χ2n) is 17.7. The number of imidazole rings is 1. The van der Waals surface area contributed by atoms with Gasteiger partial charge in [0.05, 0.1) is 22.3 Å². The van der Waals surface area contributed by atoms with E-state index in [1.54, 1.807) is 24.4 Å². The molecule has 0 aliphatic rings. The van der Waals surface area contributed by atoms with Gasteiger partial charge in [-0.3, -0.25) is 9.55 Å². The first kappa shape index (κ1) is 29.1. The van der Waals surface area contributed by atoms with Crippen LogP contribution in [-0.2, 0) is 10.8 Å². The van der Waals surface area contributed by atoms with Gasteiger partial charge in [0.25, 0.3) is 0 Å². The number of rotatable bonds is 8. The third-order valence-corrected chi connectivity index (χ3v) is 11.5. The zero-order valence-corrected chi connectivity index (χ0v) is 35.7. The van der Waals surface area contributed by atoms with Crippen LogP contribution in [0.2, 0.25) is 0 Å². The van der Waals surface area contributed by atoms with Crippen molar-refractivity contribution in [2.24, 2.45) is 0 Å². The Morgan fingerprint density at radius 1 is 0.590 bits per heavy atom. The number of aromatic nitrogens is 3. The summed E-state index contributed by atoms with van der Waals surface area (Å²) in [7, 11) is 0. The molecule has 6 aromatic carbocycles. The molecule has 1 N–H and O–H groups in total. The van der Waals surface area contributed by atoms with Crippen LogP contribution in [0.25, 0.3) is 72.7 Å². The molecule has 0 bridgehead atoms. The Labute approximate surface area is 379 Å². The number of phenolic OH excluding ortho intramolecular Hbond substituents is 1. The monoisotopic (exact) mass is 814 g/mol. The fraction of sp³-hybridized carbons (Fsp3) is 0.263. The lowest BCUT2D eigenvalue weighted by Crippen LogP contribution is -2.11. The zero-order valence-electron chi connectivity index (χ0n) is 47.7. The molecule has 61 heavy (non-hydrogen) atoms. The highest BCUT2D eigenvalue weighted by molar-refractivity contribution is 5.97. The summed E-state index contributed by atoms with van der Waals surface area (Å²) in [4.78, 5) is 10.3. The van der Waals surface area contributed by atoms with Crippen molar-refractivity contribution in [2.75, 3.05) is 0 Å². The van der Waals surface area contributed by atoms with Gasteiger partial charge in [0.2, 0.25) is 0 Å². The number of para-hydroxylation sites is 1. The van der Waals surface area contributed by atoms with Gasteiger partial charge in [0.1, 0.15) is 11.6 Å². The summed E-state index contributed by atoms with van der Waals surface area (Å²) >= 11 is 0. The first-order chi connectivity index (χ1) is 33.9. The number of pyridine rings is 1. The highest BCUT2D eigenvalue weighted by Crippen LogP contribution is 2.44. The van der Waals surface area contributed by atoms with Crippen LogP contribution in [0.15, 0.2) is 140 Å². The Hall–Kier alpha value is -6.26. The van der Waals surface area contributed by atoms with Crippen molar-refractivity contribution in [1.82, 2.24) is 14.5 Å². The van der Waals surface area contributed by atoms with E-state index in [0.29, 0.717) is 50.5 Å². The standard InChI is InChI=1S/C57H59N3O/c1-35(2)41-32-49(36(3)4)54(61)50(33-41)55-59-53-48(18-15-19-52(53)60(55)47-27-37(5)26-42(31-47)38-16-13-12-14-17-38)43-28-44(30-46(29-43)57(9,10)11)51-34-40(24-25-58-51)39-20-22-45(23-21-39)56(6,7)8/h12-36,61H,1-11H3/i5D3,6D3,7D3,8D3. The van der Waals surface area contributed by atoms with Gasteiger partial charge in [0, 0.05) is 39.5 Å². The Bertz CT molecular complexity index is 3300. The molecule has 0 radical (unpaired) electrons. The summed E-state index contributed by atoms with van der Waals surface area (Å²) in [5.74, 6) is 0.620. The molecule has 2 aromatic heterocycles. The van der Waals surface area contributed by atoms with Crippen LogP contribution in [-0.4, -0.2) is 19.6 Å². The maximum absolute atomic E-state index is 12.2. The molecule has 0 saturated carbocycles. The lowest BCUT2D eigenvalue weighted by molar-refractivity contribution is 0.466. The molecule has 0 amide bonds. The van der Waals surface area contributed by atoms with E-state index in [0.717, 1.165) is 38.9 Å². The Morgan fingerprint density at radius 2 is 1.33 bits per heavy atom. The third kappa shape index (κ3) is 8.29. The molecule has 0 fully saturated rings. The number of hydrogen-bond acceptors (Lipinski definition) is 3. The molecule has 0 aliphatic heterocycles. The second kappa shape index (κ2) is 16.0. The summed E-state index contributed by atoms with van der Waals surface area (Å²) in [6, 6.07) is 40.4. The minimum Gasteiger partial charge on any atom is -0.507 e. The summed E-state index contributed by atoms with van der Waals surface area (Å²) in [5, 5.41) is 12.2. The van der Waals surface area contributed by atoms with E-state index in [9.17, 15) is 5.11 Å². The van der Waals surface area contributed by atoms with Gasteiger partial charge < -0.3 is 5.11 Å². The SMILES string of the molecule is [2H]C([2H])([2H])c1cc(-c2ccccc2)cc(-n2c(-c3cc(C(C)C)cc(C(C)C)c3O)nc3c(-c4cc(-c5cc(-c6ccc(C(C([2H])([2H])[2H])(C([2H])([2H])[2H])C([2H])([2H])[2H])cc6)ccn5)cc(C(C)(C)C)c4)cccc32)c1. The normalized spacial score (nSPS) is 16.0. The van der Waals surface area contributed by atoms with Crippen LogP contribution in [0.4, 0.5) is 0 Å². The first-order valence-electron chi connectivity index (χ1n) is 26.8. The largest absolute Gasteiger partial charge is 0.507 e. The van der Waals surface area contributed by atoms with Gasteiger partial charge in [-0.15, -0.1) is 0 Å². The van der Waals surface area contributed by atoms with E-state index in [1.165, 1.54) is 24.3 Å². The highest BCUT2D eigenvalue weighted by Gasteiger charge is 2.25. The maximum atomic E-state index is 12.2. The number of aryl methyl sites for hydroxylation is 1. The number of fused-ring (bicyclic) bond motifs is 1. The predicted octanol–water partition coefficient (Wildman–Crippen LogP) is 15.6. The van der Waals surface area contributed by atoms with Crippen molar-refractivity contribution in [3.05, 3.63) is 167 Å². The molecule has 308 valence electrons. The molecule has 8 rings (SSSR count). The van der Waals surface area contributed by atoms with E-state index < -0.39 is 32.8 Å². The highest BCUT2D eigenvalue weighted by atomic mass is 16.3. The minimum absolute atomic E-state index is 0.0248. The van der Waals surface area contributed by atoms with E-state index in [2.05, 4.69) is 46.8 Å². The van der Waals surface area contributed by atoms with E-state index in [4.69, 9.17) is 26.4 Å². The van der Waals surface area contributed by atoms with Gasteiger partial charge in [-0.1, -0.05) is 154 Å². The Kier molecular flexibility index (Phi) is 7.61. The average Bonchev–Trinajstić information content (AvgIpc) is 3.69. The van der Waals surface area contributed by atoms with Crippen molar-refractivity contribution < 1.29 is 21.6 Å². The van der Waals surface area contributed by atoms with Crippen molar-refractivity contribution in [3.63, 3.8) is 0 Å². The summed E-state index contributed by atoms with van der Waals surface area (Å²) in [6.45, 7) is 2.02. The van der Waals surface area contributed by atoms with E-state index >= 15 is 0 Å². The van der Waals surface area contributed by atoms with E-state index in [-0.39, 0.29) is 34.1 Å². The topological polar surface area (TPSA) is 50.9 Å². The predicted molar refractivity (Wildman–Crippen MR) is 258 cm³/mol. The van der Waals surface area contributed by atoms with Crippen molar-refractivity contribution >= 4 is 11.0 Å². The summed E-state index contributed by atoms with van der Waals surface area (Å²) in [5.41, 5.74) is 7.24. The Morgan fingerprint density at radius 3 is 2.02 bits per heavy atom. The quantitative estimate of drug-likeness (QED) is 0.166. The maximum Gasteiger partial charge on any atom is 0.149 e. The van der Waals surface area contributed by atoms with Crippen LogP contribution in [0.1, 0.15) is 125 Å². The van der Waals surface area contributed by atoms with Crippen molar-refractivity contribution in [2.45, 2.75) is 98.5 Å². The molecule has 4 nitrogen and oxygen atoms in total. The fourth-order valence-electron chi connectivity index (χ4n) is 7.98. The number of aromatic hydroxyl groups is 1. The first-order valence-corrected chi connectivity index (χ1v) is 20.8. The van der Waals surface area contributed by atoms with Gasteiger partial charge in [0.15, 0.2) is 0 Å². The van der Waals surface area contributed by atoms with Crippen molar-refractivity contribution in [3.8, 4) is 67.5 Å². The van der Waals surface area contributed by atoms with Gasteiger partial charge in [-0.2, -0.15) is 0 Å². The molecular formula is C57H59N3O. The van der Waals surface area contributed by atoms with Gasteiger partial charge in [-0.25, -0.2) is 4.98 Å². The fourth-order valence-corrected chi connectivity index (χ4v) is 7.98. The molecular weight excluding hydrogens is 743 g/mol. The lowest BCUT2D eigenvalue weighted by Gasteiger charge is -2.22. The molecule has 2 heterocycles. The van der Waals surface area contributed by atoms with Gasteiger partial charge in [-0.05, 0) is 134 Å². The summed E-state index contributed by atoms with van der Waals surface area (Å²) < 4.78 is 101. The van der Waals surface area contributed by atoms with Crippen LogP contribution in [0.3, 0.4) is 0 Å². The molecule has 8 aromatic rings. The van der Waals surface area contributed by atoms with Crippen LogP contribution in [0.5, 0.6) is 5.75 Å². The number of benzene rings is 6. The molecule has 0 spiro atoms. The molecule has 0 atom stereocenters. The molecule has 0 saturated heterocycles. The lowest BCUT2D eigenvalue weighted by atomic mass is 9.83. The zero-order chi connectivity index (χ0) is 53.4. The van der Waals surface area contributed by atoms with Crippen molar-refractivity contribution in [1.29, 1.82) is 0 Å². The number of nitrogens with zero attached hydrogens (tertiary/aromatic N) is 3. The molecule has 4 heteroatoms. The summed E-state index contributed by atoms with van der Waals surface area (Å²) in [6.07, 6.45) is 1.65. The average molecular weight is 814 g/mol. The smallest absolute Gasteiger partial charge is 0.149 e. The molecule has 0 aliphatic carbocycles. The Balaban J connectivity index is 1.35. The van der Waals surface area contributed by atoms with Crippen LogP contribution >= 0.6 is 0 Å². The number of phenols is 1. The molecule has 0 unspecified atom stereocenters. The number of hydrogen-bond donors (Lipinski definition) is 1. The van der Waals surface area contributed by atoms with Crippen LogP contribution < -0.4 is 0 Å². The third-order valence-electron chi connectivity index (χ3n) is 11.5.